The molecular formula is C36H25ClN8OSi. The largest absolute Gasteiger partial charge is 0.408 e. The summed E-state index contributed by atoms with van der Waals surface area (Å²) in [6.07, 6.45) is 0. The normalized spacial score (nSPS) is 22.6. The number of nitrogens with zero attached hydrogens (tertiary/aromatic N) is 7. The van der Waals surface area contributed by atoms with Crippen molar-refractivity contribution in [2.24, 2.45) is 25.0 Å². The highest BCUT2D eigenvalue weighted by Crippen LogP contribution is 2.44. The molecule has 4 aliphatic heterocycles. The Morgan fingerprint density at radius 1 is 0.851 bits per heavy atom. The molecule has 0 saturated heterocycles. The molecule has 5 heterocycles. The zero-order valence-electron chi connectivity index (χ0n) is 25.4. The molecule has 47 heavy (non-hydrogen) atoms. The summed E-state index contributed by atoms with van der Waals surface area (Å²) in [7, 11) is -2.15. The van der Waals surface area contributed by atoms with Crippen molar-refractivity contribution in [3.05, 3.63) is 137 Å². The van der Waals surface area contributed by atoms with E-state index in [1.807, 2.05) is 94.6 Å². The molecule has 2 bridgehead atoms. The fourth-order valence-corrected chi connectivity index (χ4v) is 11.1. The third-order valence-electron chi connectivity index (χ3n) is 9.06. The van der Waals surface area contributed by atoms with Crippen molar-refractivity contribution in [3.63, 3.8) is 0 Å². The van der Waals surface area contributed by atoms with E-state index in [0.717, 1.165) is 38.8 Å². The Morgan fingerprint density at radius 2 is 1.49 bits per heavy atom. The smallest absolute Gasteiger partial charge is 0.385 e. The predicted molar refractivity (Wildman–Crippen MR) is 190 cm³/mol. The van der Waals surface area contributed by atoms with Gasteiger partial charge in [0, 0.05) is 45.9 Å². The molecule has 9 rings (SSSR count). The van der Waals surface area contributed by atoms with Crippen molar-refractivity contribution in [2.75, 3.05) is 12.8 Å². The SMILES string of the molecule is C=C1N=C(/N=C2/c3ccccc3/C3=N/C4=NC(=N\c5c6ccc#cc6c(N)n5[Si](Cl)([C@@H](C)OC)N23)/c2ccccc24)c2ccccc21. The molecule has 1 aromatic heterocycles. The first-order chi connectivity index (χ1) is 22.9. The van der Waals surface area contributed by atoms with Crippen molar-refractivity contribution < 1.29 is 4.74 Å². The number of ether oxygens (including phenoxy) is 1. The molecule has 1 unspecified atom stereocenters. The Bertz CT molecular complexity index is 2370. The van der Waals surface area contributed by atoms with Crippen LogP contribution in [-0.4, -0.2) is 58.5 Å². The Balaban J connectivity index is 1.43. The van der Waals surface area contributed by atoms with Crippen molar-refractivity contribution in [3.8, 4) is 0 Å². The summed E-state index contributed by atoms with van der Waals surface area (Å²) >= 11 is 8.23. The van der Waals surface area contributed by atoms with Crippen LogP contribution >= 0.6 is 11.1 Å². The Hall–Kier alpha value is -5.60. The number of aliphatic imine (C=N–C) groups is 5. The number of rotatable bonds is 2. The zero-order chi connectivity index (χ0) is 32.0. The standard InChI is InChI=1S/C36H25ClN8OSi/c1-20-22-12-4-6-14-24(22)31(39-20)41-35-28-18-10-11-19-29(28)36-43-33-26-16-8-7-15-25(26)32(40-33)42-34-27-17-9-5-13-23(27)30(38)44(34)47(37,45(35)36)21(2)46-3/h4,6-12,14-19,21H,1,38H2,2-3H3/b41-35-,42-32-,43-36-/t21-,47?/m0/s1. The molecule has 2 N–H and O–H groups in total. The quantitative estimate of drug-likeness (QED) is 0.182. The second kappa shape index (κ2) is 9.95. The first kappa shape index (κ1) is 27.7. The van der Waals surface area contributed by atoms with Crippen molar-refractivity contribution in [1.82, 2.24) is 8.80 Å². The van der Waals surface area contributed by atoms with Gasteiger partial charge >= 0.3 is 7.71 Å². The van der Waals surface area contributed by atoms with E-state index >= 15 is 0 Å². The number of nitrogens with two attached hydrogens (primary N) is 1. The number of benzene rings is 3. The maximum Gasteiger partial charge on any atom is 0.408 e. The maximum atomic E-state index is 8.23. The number of hydrogen-bond acceptors (Lipinski definition) is 7. The Morgan fingerprint density at radius 3 is 2.21 bits per heavy atom. The highest BCUT2D eigenvalue weighted by atomic mass is 35.6. The van der Waals surface area contributed by atoms with Gasteiger partial charge in [0.1, 0.15) is 29.0 Å². The van der Waals surface area contributed by atoms with Crippen LogP contribution in [0.5, 0.6) is 0 Å². The lowest BCUT2D eigenvalue weighted by molar-refractivity contribution is 0.168. The lowest BCUT2D eigenvalue weighted by Gasteiger charge is -2.40. The topological polar surface area (TPSA) is 105 Å². The highest BCUT2D eigenvalue weighted by molar-refractivity contribution is 7.21. The van der Waals surface area contributed by atoms with Crippen LogP contribution in [0.4, 0.5) is 11.6 Å². The molecule has 0 aliphatic carbocycles. The van der Waals surface area contributed by atoms with Gasteiger partial charge in [-0.25, -0.2) is 25.0 Å². The highest BCUT2D eigenvalue weighted by Gasteiger charge is 2.57. The minimum absolute atomic E-state index is 0.393. The number of aromatic nitrogens is 1. The van der Waals surface area contributed by atoms with Crippen LogP contribution in [0.15, 0.2) is 116 Å². The van der Waals surface area contributed by atoms with Gasteiger partial charge in [-0.05, 0) is 19.1 Å². The van der Waals surface area contributed by atoms with E-state index in [0.29, 0.717) is 51.9 Å². The van der Waals surface area contributed by atoms with Crippen molar-refractivity contribution >= 4 is 76.1 Å². The predicted octanol–water partition coefficient (Wildman–Crippen LogP) is 6.22. The van der Waals surface area contributed by atoms with E-state index in [1.54, 1.807) is 13.2 Å². The molecule has 0 fully saturated rings. The van der Waals surface area contributed by atoms with E-state index in [1.165, 1.54) is 0 Å². The summed E-state index contributed by atoms with van der Waals surface area (Å²) in [6, 6.07) is 33.9. The zero-order valence-corrected chi connectivity index (χ0v) is 27.1. The molecule has 11 heteroatoms. The fourth-order valence-electron chi connectivity index (χ4n) is 6.73. The number of fused-ring (bicyclic) bond motifs is 11. The van der Waals surface area contributed by atoms with E-state index in [-0.39, 0.29) is 0 Å². The molecule has 4 aliphatic rings. The third kappa shape index (κ3) is 3.73. The van der Waals surface area contributed by atoms with E-state index < -0.39 is 13.4 Å². The van der Waals surface area contributed by atoms with Crippen LogP contribution in [0.2, 0.25) is 0 Å². The van der Waals surface area contributed by atoms with E-state index in [2.05, 4.69) is 18.7 Å². The number of nitrogen functional groups attached to an aromatic ring is 1. The molecule has 0 amide bonds. The minimum Gasteiger partial charge on any atom is -0.385 e. The van der Waals surface area contributed by atoms with Crippen LogP contribution in [-0.2, 0) is 4.74 Å². The Labute approximate surface area is 276 Å². The van der Waals surface area contributed by atoms with Gasteiger partial charge in [0.2, 0.25) is 0 Å². The van der Waals surface area contributed by atoms with Crippen molar-refractivity contribution in [2.45, 2.75) is 12.7 Å². The van der Waals surface area contributed by atoms with Gasteiger partial charge in [-0.2, -0.15) is 0 Å². The number of anilines is 1. The molecule has 0 spiro atoms. The van der Waals surface area contributed by atoms with E-state index in [4.69, 9.17) is 46.5 Å². The molecular weight excluding hydrogens is 624 g/mol. The summed E-state index contributed by atoms with van der Waals surface area (Å²) in [4.78, 5) is 25.6. The van der Waals surface area contributed by atoms with Crippen LogP contribution in [0, 0.1) is 12.1 Å². The summed E-state index contributed by atoms with van der Waals surface area (Å²) in [5, 5.41) is 1.43. The minimum atomic E-state index is -3.79. The van der Waals surface area contributed by atoms with Crippen LogP contribution in [0.3, 0.4) is 0 Å². The van der Waals surface area contributed by atoms with Gasteiger partial charge < -0.3 is 19.3 Å². The van der Waals surface area contributed by atoms with Gasteiger partial charge in [-0.3, -0.25) is 0 Å². The molecule has 226 valence electrons. The first-order valence-electron chi connectivity index (χ1n) is 15.1. The van der Waals surface area contributed by atoms with Gasteiger partial charge in [-0.15, -0.1) is 11.1 Å². The summed E-state index contributed by atoms with van der Waals surface area (Å²) < 4.78 is 10.1. The monoisotopic (exact) mass is 648 g/mol. The Kier molecular flexibility index (Phi) is 5.86. The van der Waals surface area contributed by atoms with Gasteiger partial charge in [0.25, 0.3) is 0 Å². The molecule has 2 atom stereocenters. The molecule has 4 aromatic carbocycles. The van der Waals surface area contributed by atoms with Gasteiger partial charge in [0.05, 0.1) is 11.1 Å². The van der Waals surface area contributed by atoms with Crippen molar-refractivity contribution in [1.29, 1.82) is 0 Å². The third-order valence-corrected chi connectivity index (χ3v) is 14.4. The second-order valence-electron chi connectivity index (χ2n) is 11.5. The first-order valence-corrected chi connectivity index (χ1v) is 18.0. The molecule has 0 radical (unpaired) electrons. The average Bonchev–Trinajstić information content (AvgIpc) is 3.80. The number of amidine groups is 5. The molecule has 9 nitrogen and oxygen atoms in total. The summed E-state index contributed by atoms with van der Waals surface area (Å²) in [5.41, 5.74) is 12.4. The number of halogens is 1. The number of methoxy groups -OCH3 is 1. The summed E-state index contributed by atoms with van der Waals surface area (Å²) in [6.45, 7) is 6.14. The molecule has 5 aromatic rings. The summed E-state index contributed by atoms with van der Waals surface area (Å²) in [5.74, 6) is 3.69. The lowest BCUT2D eigenvalue weighted by atomic mass is 10.1. The van der Waals surface area contributed by atoms with Crippen LogP contribution in [0.25, 0.3) is 16.5 Å². The average molecular weight is 649 g/mol. The number of hydrogen-bond donors (Lipinski definition) is 1. The van der Waals surface area contributed by atoms with Gasteiger partial charge in [0.15, 0.2) is 17.5 Å². The lowest BCUT2D eigenvalue weighted by Crippen LogP contribution is -2.65. The second-order valence-corrected chi connectivity index (χ2v) is 16.2. The van der Waals surface area contributed by atoms with Crippen LogP contribution in [0.1, 0.15) is 40.3 Å². The fraction of sp³-hybridized carbons (Fsp3) is 0.0833. The molecule has 0 saturated carbocycles. The maximum absolute atomic E-state index is 8.23. The van der Waals surface area contributed by atoms with Gasteiger partial charge in [-0.1, -0.05) is 91.5 Å². The van der Waals surface area contributed by atoms with E-state index in [9.17, 15) is 0 Å². The van der Waals surface area contributed by atoms with Crippen LogP contribution < -0.4 is 5.73 Å².